The van der Waals surface area contributed by atoms with Crippen molar-refractivity contribution in [1.82, 2.24) is 4.90 Å². The fraction of sp³-hybridized carbons (Fsp3) is 0.467. The summed E-state index contributed by atoms with van der Waals surface area (Å²) in [7, 11) is 3.32. The molecule has 0 aliphatic carbocycles. The van der Waals surface area contributed by atoms with E-state index in [1.807, 2.05) is 12.1 Å². The van der Waals surface area contributed by atoms with Crippen LogP contribution in [-0.2, 0) is 14.3 Å². The topological polar surface area (TPSA) is 49.9 Å². The lowest BCUT2D eigenvalue weighted by Gasteiger charge is -2.21. The molecule has 0 spiro atoms. The Balaban J connectivity index is 2.06. The van der Waals surface area contributed by atoms with E-state index in [9.17, 15) is 9.59 Å². The zero-order valence-electron chi connectivity index (χ0n) is 12.2. The Morgan fingerprint density at radius 3 is 2.86 bits per heavy atom. The van der Waals surface area contributed by atoms with E-state index in [1.165, 1.54) is 0 Å². The van der Waals surface area contributed by atoms with Gasteiger partial charge in [-0.05, 0) is 12.1 Å². The van der Waals surface area contributed by atoms with Gasteiger partial charge in [0, 0.05) is 33.7 Å². The van der Waals surface area contributed by atoms with Gasteiger partial charge in [-0.25, -0.2) is 0 Å². The lowest BCUT2D eigenvalue weighted by molar-refractivity contribution is -0.135. The van der Waals surface area contributed by atoms with Crippen molar-refractivity contribution in [3.63, 3.8) is 0 Å². The number of carbonyl (C=O) groups excluding carboxylic acids is 2. The molecule has 1 aliphatic heterocycles. The van der Waals surface area contributed by atoms with Crippen molar-refractivity contribution in [1.29, 1.82) is 0 Å². The van der Waals surface area contributed by atoms with Crippen LogP contribution in [0.25, 0.3) is 0 Å². The Morgan fingerprint density at radius 1 is 1.48 bits per heavy atom. The molecule has 1 fully saturated rings. The van der Waals surface area contributed by atoms with E-state index in [0.29, 0.717) is 30.4 Å². The Morgan fingerprint density at radius 2 is 2.19 bits per heavy atom. The summed E-state index contributed by atoms with van der Waals surface area (Å²) in [5, 5.41) is 0.520. The largest absolute Gasteiger partial charge is 0.383 e. The first-order valence-electron chi connectivity index (χ1n) is 6.83. The summed E-state index contributed by atoms with van der Waals surface area (Å²) in [6, 6.07) is 7.17. The highest BCUT2D eigenvalue weighted by Crippen LogP contribution is 2.31. The van der Waals surface area contributed by atoms with E-state index in [-0.39, 0.29) is 24.2 Å². The van der Waals surface area contributed by atoms with Crippen molar-refractivity contribution in [2.75, 3.05) is 38.8 Å². The van der Waals surface area contributed by atoms with Crippen molar-refractivity contribution < 1.29 is 14.3 Å². The van der Waals surface area contributed by atoms with E-state index in [0.717, 1.165) is 0 Å². The second-order valence-corrected chi connectivity index (χ2v) is 5.52. The number of halogens is 1. The molecule has 1 heterocycles. The average Bonchev–Trinajstić information content (AvgIpc) is 2.86. The third-order valence-electron chi connectivity index (χ3n) is 3.62. The molecule has 2 rings (SSSR count). The quantitative estimate of drug-likeness (QED) is 0.833. The zero-order valence-corrected chi connectivity index (χ0v) is 13.0. The Labute approximate surface area is 129 Å². The fourth-order valence-corrected chi connectivity index (χ4v) is 2.66. The summed E-state index contributed by atoms with van der Waals surface area (Å²) in [5.41, 5.74) is 0.666. The Bertz CT molecular complexity index is 535. The average molecular weight is 311 g/mol. The van der Waals surface area contributed by atoms with Crippen molar-refractivity contribution in [2.24, 2.45) is 5.92 Å². The van der Waals surface area contributed by atoms with E-state index < -0.39 is 0 Å². The van der Waals surface area contributed by atoms with E-state index in [2.05, 4.69) is 0 Å². The normalized spacial score (nSPS) is 18.1. The summed E-state index contributed by atoms with van der Waals surface area (Å²) in [5.74, 6) is -0.424. The van der Waals surface area contributed by atoms with Gasteiger partial charge in [0.05, 0.1) is 23.2 Å². The number of benzene rings is 1. The fourth-order valence-electron chi connectivity index (χ4n) is 2.43. The summed E-state index contributed by atoms with van der Waals surface area (Å²) < 4.78 is 4.96. The lowest BCUT2D eigenvalue weighted by Crippen LogP contribution is -2.36. The molecule has 114 valence electrons. The maximum atomic E-state index is 12.3. The summed E-state index contributed by atoms with van der Waals surface area (Å²) in [6.07, 6.45) is 0.224. The van der Waals surface area contributed by atoms with Gasteiger partial charge in [-0.3, -0.25) is 9.59 Å². The molecule has 1 aromatic carbocycles. The van der Waals surface area contributed by atoms with E-state index >= 15 is 0 Å². The van der Waals surface area contributed by atoms with Crippen LogP contribution in [0.1, 0.15) is 6.42 Å². The van der Waals surface area contributed by atoms with Crippen molar-refractivity contribution in [3.05, 3.63) is 29.3 Å². The smallest absolute Gasteiger partial charge is 0.227 e. The molecule has 1 atom stereocenters. The molecule has 6 heteroatoms. The predicted molar refractivity (Wildman–Crippen MR) is 81.4 cm³/mol. The number of anilines is 1. The number of rotatable bonds is 5. The lowest BCUT2D eigenvalue weighted by atomic mass is 10.1. The maximum Gasteiger partial charge on any atom is 0.227 e. The van der Waals surface area contributed by atoms with Crippen LogP contribution in [-0.4, -0.2) is 50.6 Å². The molecule has 5 nitrogen and oxygen atoms in total. The van der Waals surface area contributed by atoms with Crippen molar-refractivity contribution in [2.45, 2.75) is 6.42 Å². The molecular formula is C15H19ClN2O3. The van der Waals surface area contributed by atoms with Crippen LogP contribution in [0.5, 0.6) is 0 Å². The molecule has 21 heavy (non-hydrogen) atoms. The number of likely N-dealkylation sites (N-methyl/N-ethyl adjacent to an activating group) is 1. The van der Waals surface area contributed by atoms with Crippen LogP contribution in [0.2, 0.25) is 5.02 Å². The van der Waals surface area contributed by atoms with Crippen LogP contribution in [0, 0.1) is 5.92 Å². The minimum atomic E-state index is -0.323. The van der Waals surface area contributed by atoms with Gasteiger partial charge >= 0.3 is 0 Å². The Kier molecular flexibility index (Phi) is 5.20. The molecule has 1 saturated heterocycles. The van der Waals surface area contributed by atoms with Gasteiger partial charge in [0.15, 0.2) is 0 Å². The molecule has 0 radical (unpaired) electrons. The van der Waals surface area contributed by atoms with Gasteiger partial charge in [0.25, 0.3) is 0 Å². The highest BCUT2D eigenvalue weighted by Gasteiger charge is 2.36. The summed E-state index contributed by atoms with van der Waals surface area (Å²) in [6.45, 7) is 1.38. The van der Waals surface area contributed by atoms with Gasteiger partial charge in [0.2, 0.25) is 11.8 Å². The highest BCUT2D eigenvalue weighted by atomic mass is 35.5. The Hall–Kier alpha value is -1.59. The molecule has 0 bridgehead atoms. The first-order chi connectivity index (χ1) is 10.0. The zero-order chi connectivity index (χ0) is 15.4. The number of hydrogen-bond acceptors (Lipinski definition) is 3. The van der Waals surface area contributed by atoms with Gasteiger partial charge in [-0.15, -0.1) is 0 Å². The number of methoxy groups -OCH3 is 1. The SMILES string of the molecule is COCCN(C)C(=O)[C@H]1CC(=O)N(c2ccccc2Cl)C1. The molecule has 0 aromatic heterocycles. The van der Waals surface area contributed by atoms with Gasteiger partial charge in [-0.1, -0.05) is 23.7 Å². The minimum absolute atomic E-state index is 0.0325. The molecule has 1 aliphatic rings. The maximum absolute atomic E-state index is 12.3. The van der Waals surface area contributed by atoms with E-state index in [1.54, 1.807) is 36.1 Å². The number of nitrogens with zero attached hydrogens (tertiary/aromatic N) is 2. The molecular weight excluding hydrogens is 292 g/mol. The second-order valence-electron chi connectivity index (χ2n) is 5.11. The number of carbonyl (C=O) groups is 2. The number of amides is 2. The monoisotopic (exact) mass is 310 g/mol. The number of hydrogen-bond donors (Lipinski definition) is 0. The van der Waals surface area contributed by atoms with Crippen LogP contribution >= 0.6 is 11.6 Å². The van der Waals surface area contributed by atoms with Crippen LogP contribution in [0.4, 0.5) is 5.69 Å². The molecule has 1 aromatic rings. The van der Waals surface area contributed by atoms with Crippen molar-refractivity contribution in [3.8, 4) is 0 Å². The highest BCUT2D eigenvalue weighted by molar-refractivity contribution is 6.33. The molecule has 0 saturated carbocycles. The first-order valence-corrected chi connectivity index (χ1v) is 7.21. The molecule has 0 unspecified atom stereocenters. The standard InChI is InChI=1S/C15H19ClN2O3/c1-17(7-8-21-2)15(20)11-9-14(19)18(10-11)13-6-4-3-5-12(13)16/h3-6,11H,7-10H2,1-2H3/t11-/m0/s1. The number of para-hydroxylation sites is 1. The van der Waals surface area contributed by atoms with Crippen molar-refractivity contribution >= 4 is 29.1 Å². The predicted octanol–water partition coefficient (Wildman–Crippen LogP) is 1.80. The second kappa shape index (κ2) is 6.91. The van der Waals surface area contributed by atoms with Gasteiger partial charge in [0.1, 0.15) is 0 Å². The summed E-state index contributed by atoms with van der Waals surface area (Å²) >= 11 is 6.12. The van der Waals surface area contributed by atoms with Crippen LogP contribution in [0.15, 0.2) is 24.3 Å². The van der Waals surface area contributed by atoms with Gasteiger partial charge < -0.3 is 14.5 Å². The summed E-state index contributed by atoms with van der Waals surface area (Å²) in [4.78, 5) is 27.7. The third kappa shape index (κ3) is 3.54. The van der Waals surface area contributed by atoms with Crippen LogP contribution < -0.4 is 4.90 Å². The number of ether oxygens (including phenoxy) is 1. The molecule has 0 N–H and O–H groups in total. The molecule has 2 amide bonds. The van der Waals surface area contributed by atoms with E-state index in [4.69, 9.17) is 16.3 Å². The first kappa shape index (κ1) is 15.8. The third-order valence-corrected chi connectivity index (χ3v) is 3.94. The minimum Gasteiger partial charge on any atom is -0.383 e. The van der Waals surface area contributed by atoms with Crippen LogP contribution in [0.3, 0.4) is 0 Å². The van der Waals surface area contributed by atoms with Gasteiger partial charge in [-0.2, -0.15) is 0 Å².